The Morgan fingerprint density at radius 3 is 2.71 bits per heavy atom. The number of aryl methyl sites for hydroxylation is 2. The standard InChI is InChI=1S/C26H26ClFN6O/c1-6-20(35)33-11-16(4)34(12-15(33)3)26-18-9-19(27)22(23(28)24(18)29-13-30-26)21-14(2)7-8-17-10-31-32(5)25(17)21/h6-10,13,15-16H,1,11-12H2,2-5H3/t15-,16+/m1/s1. The number of carbonyl (C=O) groups is 1. The van der Waals surface area contributed by atoms with Crippen LogP contribution in [0.2, 0.25) is 5.02 Å². The normalized spacial score (nSPS) is 18.5. The van der Waals surface area contributed by atoms with Crippen LogP contribution in [0.25, 0.3) is 32.9 Å². The van der Waals surface area contributed by atoms with Crippen LogP contribution < -0.4 is 4.90 Å². The number of rotatable bonds is 3. The summed E-state index contributed by atoms with van der Waals surface area (Å²) in [6, 6.07) is 5.55. The summed E-state index contributed by atoms with van der Waals surface area (Å²) in [6.07, 6.45) is 4.47. The van der Waals surface area contributed by atoms with Gasteiger partial charge in [0.25, 0.3) is 0 Å². The lowest BCUT2D eigenvalue weighted by Gasteiger charge is -2.44. The number of nitrogens with zero attached hydrogens (tertiary/aromatic N) is 6. The molecule has 1 aliphatic heterocycles. The number of piperazine rings is 1. The molecule has 9 heteroatoms. The molecule has 3 heterocycles. The molecule has 1 aliphatic rings. The van der Waals surface area contributed by atoms with Crippen LogP contribution in [0.4, 0.5) is 10.2 Å². The second kappa shape index (κ2) is 8.61. The molecule has 4 aromatic rings. The maximum absolute atomic E-state index is 16.2. The molecular weight excluding hydrogens is 467 g/mol. The highest BCUT2D eigenvalue weighted by Gasteiger charge is 2.33. The summed E-state index contributed by atoms with van der Waals surface area (Å²) in [5.74, 6) is 0.00646. The topological polar surface area (TPSA) is 67.2 Å². The fourth-order valence-corrected chi connectivity index (χ4v) is 5.39. The van der Waals surface area contributed by atoms with E-state index in [9.17, 15) is 4.79 Å². The van der Waals surface area contributed by atoms with Crippen molar-refractivity contribution < 1.29 is 9.18 Å². The largest absolute Gasteiger partial charge is 0.349 e. The average Bonchev–Trinajstić information content (AvgIpc) is 3.21. The van der Waals surface area contributed by atoms with Gasteiger partial charge in [-0.25, -0.2) is 14.4 Å². The predicted octanol–water partition coefficient (Wildman–Crippen LogP) is 4.90. The highest BCUT2D eigenvalue weighted by Crippen LogP contribution is 2.42. The SMILES string of the molecule is C=CC(=O)N1C[C@H](C)N(c2ncnc3c(F)c(-c4c(C)ccc5cnn(C)c45)c(Cl)cc23)C[C@H]1C. The van der Waals surface area contributed by atoms with E-state index < -0.39 is 5.82 Å². The Bertz CT molecular complexity index is 1500. The first-order valence-electron chi connectivity index (χ1n) is 11.5. The van der Waals surface area contributed by atoms with Gasteiger partial charge in [-0.1, -0.05) is 30.3 Å². The zero-order valence-corrected chi connectivity index (χ0v) is 20.8. The minimum absolute atomic E-state index is 0.0415. The zero-order valence-electron chi connectivity index (χ0n) is 20.1. The van der Waals surface area contributed by atoms with Crippen molar-refractivity contribution >= 4 is 45.1 Å². The molecule has 0 bridgehead atoms. The van der Waals surface area contributed by atoms with Gasteiger partial charge in [-0.05, 0) is 38.5 Å². The molecule has 2 aromatic carbocycles. The van der Waals surface area contributed by atoms with Gasteiger partial charge in [0, 0.05) is 54.1 Å². The van der Waals surface area contributed by atoms with Crippen molar-refractivity contribution in [1.82, 2.24) is 24.6 Å². The molecule has 180 valence electrons. The third-order valence-electron chi connectivity index (χ3n) is 6.88. The molecule has 0 saturated carbocycles. The number of amides is 1. The first-order chi connectivity index (χ1) is 16.7. The second-order valence-electron chi connectivity index (χ2n) is 9.15. The molecule has 0 spiro atoms. The Morgan fingerprint density at radius 2 is 1.97 bits per heavy atom. The summed E-state index contributed by atoms with van der Waals surface area (Å²) in [7, 11) is 1.83. The van der Waals surface area contributed by atoms with Gasteiger partial charge in [0.05, 0.1) is 16.7 Å². The predicted molar refractivity (Wildman–Crippen MR) is 137 cm³/mol. The lowest BCUT2D eigenvalue weighted by Crippen LogP contribution is -2.58. The number of fused-ring (bicyclic) bond motifs is 2. The number of carbonyl (C=O) groups excluding carboxylic acids is 1. The van der Waals surface area contributed by atoms with Crippen LogP contribution in [0.3, 0.4) is 0 Å². The number of benzene rings is 2. The smallest absolute Gasteiger partial charge is 0.246 e. The van der Waals surface area contributed by atoms with E-state index in [1.807, 2.05) is 40.0 Å². The fraction of sp³-hybridized carbons (Fsp3) is 0.308. The minimum atomic E-state index is -0.492. The molecule has 1 amide bonds. The van der Waals surface area contributed by atoms with Crippen molar-refractivity contribution in [3.8, 4) is 11.1 Å². The Balaban J connectivity index is 1.67. The summed E-state index contributed by atoms with van der Waals surface area (Å²) < 4.78 is 17.9. The van der Waals surface area contributed by atoms with Gasteiger partial charge < -0.3 is 9.80 Å². The van der Waals surface area contributed by atoms with E-state index in [1.54, 1.807) is 21.8 Å². The van der Waals surface area contributed by atoms with E-state index in [-0.39, 0.29) is 28.5 Å². The first kappa shape index (κ1) is 23.2. The van der Waals surface area contributed by atoms with Gasteiger partial charge in [-0.3, -0.25) is 9.48 Å². The van der Waals surface area contributed by atoms with Crippen LogP contribution in [0, 0.1) is 12.7 Å². The van der Waals surface area contributed by atoms with Gasteiger partial charge in [0.2, 0.25) is 5.91 Å². The molecule has 0 unspecified atom stereocenters. The number of halogens is 2. The lowest BCUT2D eigenvalue weighted by molar-refractivity contribution is -0.128. The molecule has 7 nitrogen and oxygen atoms in total. The maximum atomic E-state index is 16.2. The molecule has 0 N–H and O–H groups in total. The van der Waals surface area contributed by atoms with E-state index in [0.717, 1.165) is 16.5 Å². The molecule has 0 radical (unpaired) electrons. The van der Waals surface area contributed by atoms with Crippen LogP contribution in [0.1, 0.15) is 19.4 Å². The highest BCUT2D eigenvalue weighted by atomic mass is 35.5. The molecule has 2 aromatic heterocycles. The minimum Gasteiger partial charge on any atom is -0.349 e. The Morgan fingerprint density at radius 1 is 1.20 bits per heavy atom. The number of hydrogen-bond donors (Lipinski definition) is 0. The summed E-state index contributed by atoms with van der Waals surface area (Å²) in [4.78, 5) is 25.0. The van der Waals surface area contributed by atoms with Crippen molar-refractivity contribution in [3.63, 3.8) is 0 Å². The van der Waals surface area contributed by atoms with Crippen molar-refractivity contribution in [1.29, 1.82) is 0 Å². The highest BCUT2D eigenvalue weighted by molar-refractivity contribution is 6.35. The van der Waals surface area contributed by atoms with E-state index in [0.29, 0.717) is 35.4 Å². The fourth-order valence-electron chi connectivity index (χ4n) is 5.10. The summed E-state index contributed by atoms with van der Waals surface area (Å²) in [5, 5.41) is 6.07. The average molecular weight is 493 g/mol. The monoisotopic (exact) mass is 492 g/mol. The van der Waals surface area contributed by atoms with E-state index in [4.69, 9.17) is 11.6 Å². The summed E-state index contributed by atoms with van der Waals surface area (Å²) in [5.41, 5.74) is 2.91. The Kier molecular flexibility index (Phi) is 5.71. The van der Waals surface area contributed by atoms with E-state index in [2.05, 4.69) is 26.5 Å². The van der Waals surface area contributed by atoms with Gasteiger partial charge >= 0.3 is 0 Å². The van der Waals surface area contributed by atoms with Crippen molar-refractivity contribution in [2.24, 2.45) is 7.05 Å². The Hall–Kier alpha value is -3.52. The van der Waals surface area contributed by atoms with Gasteiger partial charge in [0.15, 0.2) is 5.82 Å². The van der Waals surface area contributed by atoms with Crippen molar-refractivity contribution in [3.05, 3.63) is 59.8 Å². The Labute approximate surface area is 207 Å². The second-order valence-corrected chi connectivity index (χ2v) is 9.56. The molecule has 2 atom stereocenters. The molecular formula is C26H26ClFN6O. The molecule has 5 rings (SSSR count). The summed E-state index contributed by atoms with van der Waals surface area (Å²) >= 11 is 6.79. The lowest BCUT2D eigenvalue weighted by atomic mass is 9.96. The van der Waals surface area contributed by atoms with Crippen molar-refractivity contribution in [2.75, 3.05) is 18.0 Å². The maximum Gasteiger partial charge on any atom is 0.246 e. The van der Waals surface area contributed by atoms with Crippen LogP contribution in [-0.2, 0) is 11.8 Å². The van der Waals surface area contributed by atoms with Crippen molar-refractivity contribution in [2.45, 2.75) is 32.9 Å². The van der Waals surface area contributed by atoms with Gasteiger partial charge in [0.1, 0.15) is 17.7 Å². The molecule has 1 fully saturated rings. The molecule has 1 saturated heterocycles. The molecule has 0 aliphatic carbocycles. The van der Waals surface area contributed by atoms with Crippen LogP contribution in [0.15, 0.2) is 43.4 Å². The van der Waals surface area contributed by atoms with E-state index >= 15 is 4.39 Å². The van der Waals surface area contributed by atoms with Gasteiger partial charge in [-0.2, -0.15) is 5.10 Å². The third-order valence-corrected chi connectivity index (χ3v) is 7.18. The van der Waals surface area contributed by atoms with E-state index in [1.165, 1.54) is 12.4 Å². The van der Waals surface area contributed by atoms with Crippen LogP contribution >= 0.6 is 11.6 Å². The zero-order chi connectivity index (χ0) is 25.0. The quantitative estimate of drug-likeness (QED) is 0.381. The number of hydrogen-bond acceptors (Lipinski definition) is 5. The molecule has 35 heavy (non-hydrogen) atoms. The number of anilines is 1. The summed E-state index contributed by atoms with van der Waals surface area (Å²) in [6.45, 7) is 10.6. The first-order valence-corrected chi connectivity index (χ1v) is 11.8. The van der Waals surface area contributed by atoms with Crippen LogP contribution in [0.5, 0.6) is 0 Å². The number of aromatic nitrogens is 4. The third kappa shape index (κ3) is 3.63. The van der Waals surface area contributed by atoms with Crippen LogP contribution in [-0.4, -0.2) is 55.7 Å². The van der Waals surface area contributed by atoms with Gasteiger partial charge in [-0.15, -0.1) is 0 Å².